The highest BCUT2D eigenvalue weighted by atomic mass is 16.6. The minimum atomic E-state index is -0.846. The van der Waals surface area contributed by atoms with Crippen molar-refractivity contribution in [2.75, 3.05) is 11.9 Å². The molecule has 1 aromatic carbocycles. The Kier molecular flexibility index (Phi) is 4.93. The Morgan fingerprint density at radius 2 is 2.04 bits per heavy atom. The van der Waals surface area contributed by atoms with Gasteiger partial charge in [0.25, 0.3) is 11.6 Å². The summed E-state index contributed by atoms with van der Waals surface area (Å²) in [4.78, 5) is 34.1. The van der Waals surface area contributed by atoms with Crippen molar-refractivity contribution in [1.82, 2.24) is 5.16 Å². The van der Waals surface area contributed by atoms with Crippen LogP contribution in [0.1, 0.15) is 27.4 Å². The maximum absolute atomic E-state index is 11.9. The number of anilines is 1. The first kappa shape index (κ1) is 17.1. The number of aryl methyl sites for hydroxylation is 2. The van der Waals surface area contributed by atoms with E-state index in [-0.39, 0.29) is 17.1 Å². The standard InChI is InChI=1S/C15H15N3O6/c1-8-4-5-11(18(21)22)14(10(8)3)16-13(19)7-23-15(20)12-6-9(2)17-24-12/h4-6H,7H2,1-3H3,(H,16,19). The molecule has 0 aliphatic rings. The van der Waals surface area contributed by atoms with Crippen LogP contribution < -0.4 is 5.32 Å². The van der Waals surface area contributed by atoms with Crippen molar-refractivity contribution in [2.45, 2.75) is 20.8 Å². The van der Waals surface area contributed by atoms with Gasteiger partial charge >= 0.3 is 5.97 Å². The molecule has 9 heteroatoms. The van der Waals surface area contributed by atoms with Crippen molar-refractivity contribution in [3.63, 3.8) is 0 Å². The molecule has 0 saturated heterocycles. The van der Waals surface area contributed by atoms with Crippen molar-refractivity contribution in [2.24, 2.45) is 0 Å². The summed E-state index contributed by atoms with van der Waals surface area (Å²) in [5, 5.41) is 17.0. The molecule has 1 heterocycles. The highest BCUT2D eigenvalue weighted by Crippen LogP contribution is 2.30. The number of aromatic nitrogens is 1. The van der Waals surface area contributed by atoms with E-state index in [1.807, 2.05) is 0 Å². The number of ether oxygens (including phenoxy) is 1. The molecule has 24 heavy (non-hydrogen) atoms. The van der Waals surface area contributed by atoms with E-state index in [9.17, 15) is 19.7 Å². The Labute approximate surface area is 136 Å². The van der Waals surface area contributed by atoms with Crippen LogP contribution >= 0.6 is 0 Å². The van der Waals surface area contributed by atoms with E-state index >= 15 is 0 Å². The van der Waals surface area contributed by atoms with Crippen molar-refractivity contribution in [3.05, 3.63) is 50.9 Å². The van der Waals surface area contributed by atoms with E-state index in [0.29, 0.717) is 11.3 Å². The molecule has 0 radical (unpaired) electrons. The quantitative estimate of drug-likeness (QED) is 0.505. The summed E-state index contributed by atoms with van der Waals surface area (Å²) in [5.74, 6) is -1.67. The van der Waals surface area contributed by atoms with Gasteiger partial charge in [-0.3, -0.25) is 14.9 Å². The maximum Gasteiger partial charge on any atom is 0.377 e. The van der Waals surface area contributed by atoms with Crippen LogP contribution in [0.4, 0.5) is 11.4 Å². The normalized spacial score (nSPS) is 10.3. The Bertz CT molecular complexity index is 812. The van der Waals surface area contributed by atoms with Crippen LogP contribution in [0.2, 0.25) is 0 Å². The van der Waals surface area contributed by atoms with Crippen LogP contribution in [0, 0.1) is 30.9 Å². The van der Waals surface area contributed by atoms with Gasteiger partial charge in [-0.05, 0) is 31.9 Å². The number of benzene rings is 1. The maximum atomic E-state index is 11.9. The Morgan fingerprint density at radius 1 is 1.33 bits per heavy atom. The Balaban J connectivity index is 2.06. The molecule has 0 aliphatic heterocycles. The molecular formula is C15H15N3O6. The topological polar surface area (TPSA) is 125 Å². The molecule has 1 amide bonds. The molecule has 0 atom stereocenters. The fourth-order valence-electron chi connectivity index (χ4n) is 1.95. The predicted octanol–water partition coefficient (Wildman–Crippen LogP) is 2.30. The third-order valence-electron chi connectivity index (χ3n) is 3.34. The third-order valence-corrected chi connectivity index (χ3v) is 3.34. The molecular weight excluding hydrogens is 318 g/mol. The average molecular weight is 333 g/mol. The van der Waals surface area contributed by atoms with Gasteiger partial charge in [-0.2, -0.15) is 0 Å². The number of esters is 1. The van der Waals surface area contributed by atoms with Crippen molar-refractivity contribution >= 4 is 23.3 Å². The van der Waals surface area contributed by atoms with Gasteiger partial charge in [-0.25, -0.2) is 4.79 Å². The molecule has 1 N–H and O–H groups in total. The lowest BCUT2D eigenvalue weighted by atomic mass is 10.1. The van der Waals surface area contributed by atoms with Crippen LogP contribution in [0.5, 0.6) is 0 Å². The zero-order valence-electron chi connectivity index (χ0n) is 13.3. The number of amides is 1. The van der Waals surface area contributed by atoms with Crippen molar-refractivity contribution < 1.29 is 23.8 Å². The number of nitro benzene ring substituents is 1. The summed E-state index contributed by atoms with van der Waals surface area (Å²) in [6, 6.07) is 4.27. The molecule has 9 nitrogen and oxygen atoms in total. The summed E-state index contributed by atoms with van der Waals surface area (Å²) in [7, 11) is 0. The second-order valence-electron chi connectivity index (χ2n) is 5.12. The number of carbonyl (C=O) groups is 2. The van der Waals surface area contributed by atoms with Gasteiger partial charge in [0.1, 0.15) is 5.69 Å². The van der Waals surface area contributed by atoms with Gasteiger partial charge in [0.05, 0.1) is 10.6 Å². The Hall–Kier alpha value is -3.23. The Morgan fingerprint density at radius 3 is 2.62 bits per heavy atom. The largest absolute Gasteiger partial charge is 0.450 e. The lowest BCUT2D eigenvalue weighted by Gasteiger charge is -2.11. The van der Waals surface area contributed by atoms with E-state index in [1.165, 1.54) is 12.1 Å². The average Bonchev–Trinajstić information content (AvgIpc) is 2.96. The van der Waals surface area contributed by atoms with Crippen molar-refractivity contribution in [3.8, 4) is 0 Å². The van der Waals surface area contributed by atoms with Crippen LogP contribution in [0.3, 0.4) is 0 Å². The van der Waals surface area contributed by atoms with Gasteiger partial charge in [0.2, 0.25) is 5.76 Å². The van der Waals surface area contributed by atoms with E-state index < -0.39 is 23.4 Å². The number of rotatable bonds is 5. The summed E-state index contributed by atoms with van der Waals surface area (Å²) < 4.78 is 9.51. The first-order valence-electron chi connectivity index (χ1n) is 6.94. The minimum absolute atomic E-state index is 0.0801. The van der Waals surface area contributed by atoms with E-state index in [4.69, 9.17) is 9.26 Å². The first-order chi connectivity index (χ1) is 11.3. The summed E-state index contributed by atoms with van der Waals surface area (Å²) in [6.07, 6.45) is 0. The molecule has 0 spiro atoms. The third kappa shape index (κ3) is 3.75. The number of hydrogen-bond donors (Lipinski definition) is 1. The number of nitrogens with one attached hydrogen (secondary N) is 1. The molecule has 0 bridgehead atoms. The van der Waals surface area contributed by atoms with E-state index in [2.05, 4.69) is 10.5 Å². The molecule has 2 aromatic rings. The smallest absolute Gasteiger partial charge is 0.377 e. The van der Waals surface area contributed by atoms with Crippen molar-refractivity contribution in [1.29, 1.82) is 0 Å². The van der Waals surface area contributed by atoms with Gasteiger partial charge in [0.15, 0.2) is 6.61 Å². The van der Waals surface area contributed by atoms with E-state index in [0.717, 1.165) is 5.56 Å². The molecule has 0 aliphatic carbocycles. The van der Waals surface area contributed by atoms with E-state index in [1.54, 1.807) is 26.8 Å². The van der Waals surface area contributed by atoms with Crippen LogP contribution in [0.25, 0.3) is 0 Å². The fourth-order valence-corrected chi connectivity index (χ4v) is 1.95. The molecule has 0 fully saturated rings. The van der Waals surface area contributed by atoms with Gasteiger partial charge in [-0.1, -0.05) is 11.2 Å². The number of nitro groups is 1. The number of nitrogens with zero attached hydrogens (tertiary/aromatic N) is 2. The zero-order valence-corrected chi connectivity index (χ0v) is 13.3. The highest BCUT2D eigenvalue weighted by molar-refractivity contribution is 5.97. The number of carbonyl (C=O) groups excluding carboxylic acids is 2. The number of hydrogen-bond acceptors (Lipinski definition) is 7. The summed E-state index contributed by atoms with van der Waals surface area (Å²) in [5.41, 5.74) is 1.69. The van der Waals surface area contributed by atoms with Gasteiger partial charge < -0.3 is 14.6 Å². The fraction of sp³-hybridized carbons (Fsp3) is 0.267. The van der Waals surface area contributed by atoms with Crippen LogP contribution in [-0.2, 0) is 9.53 Å². The molecule has 1 aromatic heterocycles. The molecule has 2 rings (SSSR count). The second kappa shape index (κ2) is 6.90. The summed E-state index contributed by atoms with van der Waals surface area (Å²) >= 11 is 0. The zero-order chi connectivity index (χ0) is 17.9. The lowest BCUT2D eigenvalue weighted by molar-refractivity contribution is -0.384. The molecule has 0 saturated carbocycles. The van der Waals surface area contributed by atoms with Crippen LogP contribution in [0.15, 0.2) is 22.7 Å². The summed E-state index contributed by atoms with van der Waals surface area (Å²) in [6.45, 7) is 4.44. The predicted molar refractivity (Wildman–Crippen MR) is 82.7 cm³/mol. The van der Waals surface area contributed by atoms with Gasteiger partial charge in [0, 0.05) is 12.1 Å². The lowest BCUT2D eigenvalue weighted by Crippen LogP contribution is -2.22. The first-order valence-corrected chi connectivity index (χ1v) is 6.94. The highest BCUT2D eigenvalue weighted by Gasteiger charge is 2.21. The second-order valence-corrected chi connectivity index (χ2v) is 5.12. The monoisotopic (exact) mass is 333 g/mol. The minimum Gasteiger partial charge on any atom is -0.450 e. The molecule has 126 valence electrons. The SMILES string of the molecule is Cc1cc(C(=O)OCC(=O)Nc2c([N+](=O)[O-])ccc(C)c2C)on1. The van der Waals surface area contributed by atoms with Crippen LogP contribution in [-0.4, -0.2) is 28.6 Å². The van der Waals surface area contributed by atoms with Gasteiger partial charge in [-0.15, -0.1) is 0 Å². The molecule has 0 unspecified atom stereocenters.